The standard InChI is InChI=1S/C20H13F3N6/c21-20(22,23)11-29-12-27-18-16(14-4-2-1-3-5-14)6-15(7-17(18)29)28-19-25-9-13(8-24)10-26-19/h1-7,9-10,12H,11H2,(H,25,26,28). The maximum atomic E-state index is 13.0. The number of anilines is 2. The van der Waals surface area contributed by atoms with Gasteiger partial charge in [-0.25, -0.2) is 15.0 Å². The fraction of sp³-hybridized carbons (Fsp3) is 0.100. The highest BCUT2D eigenvalue weighted by Crippen LogP contribution is 2.33. The van der Waals surface area contributed by atoms with E-state index in [2.05, 4.69) is 20.3 Å². The summed E-state index contributed by atoms with van der Waals surface area (Å²) in [5, 5.41) is 11.8. The lowest BCUT2D eigenvalue weighted by Crippen LogP contribution is -2.16. The number of imidazole rings is 1. The number of hydrogen-bond acceptors (Lipinski definition) is 5. The topological polar surface area (TPSA) is 79.4 Å². The first kappa shape index (κ1) is 18.4. The van der Waals surface area contributed by atoms with Crippen LogP contribution in [-0.4, -0.2) is 25.7 Å². The molecule has 0 unspecified atom stereocenters. The number of halogens is 3. The summed E-state index contributed by atoms with van der Waals surface area (Å²) < 4.78 is 40.0. The summed E-state index contributed by atoms with van der Waals surface area (Å²) in [6.45, 7) is -1.14. The second kappa shape index (κ2) is 7.24. The Bertz CT molecular complexity index is 1190. The summed E-state index contributed by atoms with van der Waals surface area (Å²) >= 11 is 0. The molecule has 0 aliphatic carbocycles. The Kier molecular flexibility index (Phi) is 4.60. The zero-order valence-corrected chi connectivity index (χ0v) is 14.9. The molecule has 0 amide bonds. The van der Waals surface area contributed by atoms with Crippen molar-refractivity contribution in [3.8, 4) is 17.2 Å². The van der Waals surface area contributed by atoms with Gasteiger partial charge in [0.05, 0.1) is 35.3 Å². The van der Waals surface area contributed by atoms with Gasteiger partial charge < -0.3 is 9.88 Å². The third-order valence-corrected chi connectivity index (χ3v) is 4.20. The van der Waals surface area contributed by atoms with Crippen LogP contribution >= 0.6 is 0 Å². The number of hydrogen-bond donors (Lipinski definition) is 1. The molecule has 0 aliphatic heterocycles. The van der Waals surface area contributed by atoms with Crippen molar-refractivity contribution in [2.45, 2.75) is 12.7 Å². The highest BCUT2D eigenvalue weighted by molar-refractivity contribution is 5.95. The van der Waals surface area contributed by atoms with Crippen LogP contribution in [0.1, 0.15) is 5.56 Å². The molecule has 2 aromatic carbocycles. The van der Waals surface area contributed by atoms with Gasteiger partial charge in [0.15, 0.2) is 0 Å². The molecule has 0 aliphatic rings. The number of nitriles is 1. The van der Waals surface area contributed by atoms with Gasteiger partial charge in [0, 0.05) is 11.3 Å². The monoisotopic (exact) mass is 394 g/mol. The third kappa shape index (κ3) is 4.01. The van der Waals surface area contributed by atoms with Crippen LogP contribution in [0.3, 0.4) is 0 Å². The molecule has 2 heterocycles. The molecule has 0 atom stereocenters. The minimum Gasteiger partial charge on any atom is -0.324 e. The molecule has 6 nitrogen and oxygen atoms in total. The maximum absolute atomic E-state index is 13.0. The first-order valence-corrected chi connectivity index (χ1v) is 8.53. The summed E-state index contributed by atoms with van der Waals surface area (Å²) in [6.07, 6.45) is -0.466. The van der Waals surface area contributed by atoms with Gasteiger partial charge in [0.2, 0.25) is 5.95 Å². The van der Waals surface area contributed by atoms with Gasteiger partial charge >= 0.3 is 6.18 Å². The zero-order chi connectivity index (χ0) is 20.4. The van der Waals surface area contributed by atoms with Gasteiger partial charge in [-0.2, -0.15) is 18.4 Å². The molecular formula is C20H13F3N6. The maximum Gasteiger partial charge on any atom is 0.406 e. The Hall–Kier alpha value is -3.93. The van der Waals surface area contributed by atoms with Crippen molar-refractivity contribution in [2.24, 2.45) is 0 Å². The molecule has 9 heteroatoms. The lowest BCUT2D eigenvalue weighted by Gasteiger charge is -2.12. The highest BCUT2D eigenvalue weighted by atomic mass is 19.4. The molecule has 4 aromatic rings. The molecule has 0 saturated carbocycles. The lowest BCUT2D eigenvalue weighted by atomic mass is 10.0. The van der Waals surface area contributed by atoms with E-state index in [0.717, 1.165) is 10.1 Å². The number of benzene rings is 2. The molecule has 0 saturated heterocycles. The summed E-state index contributed by atoms with van der Waals surface area (Å²) in [4.78, 5) is 12.3. The minimum atomic E-state index is -4.37. The van der Waals surface area contributed by atoms with E-state index in [1.807, 2.05) is 36.4 Å². The van der Waals surface area contributed by atoms with Crippen molar-refractivity contribution >= 4 is 22.7 Å². The van der Waals surface area contributed by atoms with Crippen LogP contribution in [0.5, 0.6) is 0 Å². The van der Waals surface area contributed by atoms with Crippen LogP contribution in [0.2, 0.25) is 0 Å². The molecular weight excluding hydrogens is 381 g/mol. The smallest absolute Gasteiger partial charge is 0.324 e. The molecule has 2 aromatic heterocycles. The Labute approximate surface area is 163 Å². The van der Waals surface area contributed by atoms with Crippen molar-refractivity contribution in [1.82, 2.24) is 19.5 Å². The number of nitrogens with zero attached hydrogens (tertiary/aromatic N) is 5. The molecule has 0 spiro atoms. The van der Waals surface area contributed by atoms with Crippen molar-refractivity contribution in [1.29, 1.82) is 5.26 Å². The Morgan fingerprint density at radius 1 is 1.03 bits per heavy atom. The summed E-state index contributed by atoms with van der Waals surface area (Å²) in [5.74, 6) is 0.226. The first-order chi connectivity index (χ1) is 13.9. The van der Waals surface area contributed by atoms with Crippen LogP contribution in [0.25, 0.3) is 22.2 Å². The van der Waals surface area contributed by atoms with Gasteiger partial charge in [-0.15, -0.1) is 0 Å². The quantitative estimate of drug-likeness (QED) is 0.544. The molecule has 144 valence electrons. The van der Waals surface area contributed by atoms with Crippen LogP contribution in [0.15, 0.2) is 61.2 Å². The summed E-state index contributed by atoms with van der Waals surface area (Å²) in [7, 11) is 0. The van der Waals surface area contributed by atoms with E-state index >= 15 is 0 Å². The van der Waals surface area contributed by atoms with Crippen molar-refractivity contribution in [2.75, 3.05) is 5.32 Å². The number of nitrogens with one attached hydrogen (secondary N) is 1. The molecule has 0 fully saturated rings. The van der Waals surface area contributed by atoms with E-state index in [4.69, 9.17) is 5.26 Å². The largest absolute Gasteiger partial charge is 0.406 e. The van der Waals surface area contributed by atoms with Crippen molar-refractivity contribution < 1.29 is 13.2 Å². The number of aromatic nitrogens is 4. The third-order valence-electron chi connectivity index (χ3n) is 4.20. The predicted octanol–water partition coefficient (Wildman–Crippen LogP) is 4.67. The van der Waals surface area contributed by atoms with Gasteiger partial charge in [-0.05, 0) is 17.7 Å². The molecule has 1 N–H and O–H groups in total. The highest BCUT2D eigenvalue weighted by Gasteiger charge is 2.29. The lowest BCUT2D eigenvalue weighted by molar-refractivity contribution is -0.139. The number of alkyl halides is 3. The van der Waals surface area contributed by atoms with Gasteiger partial charge in [0.1, 0.15) is 12.6 Å². The van der Waals surface area contributed by atoms with Crippen molar-refractivity contribution in [3.05, 3.63) is 66.7 Å². The second-order valence-electron chi connectivity index (χ2n) is 6.28. The Balaban J connectivity index is 1.83. The average Bonchev–Trinajstić information content (AvgIpc) is 3.10. The van der Waals surface area contributed by atoms with Gasteiger partial charge in [0.25, 0.3) is 0 Å². The van der Waals surface area contributed by atoms with Crippen LogP contribution in [0.4, 0.5) is 24.8 Å². The molecule has 0 radical (unpaired) electrons. The second-order valence-corrected chi connectivity index (χ2v) is 6.28. The fourth-order valence-corrected chi connectivity index (χ4v) is 2.97. The van der Waals surface area contributed by atoms with E-state index < -0.39 is 12.7 Å². The predicted molar refractivity (Wildman–Crippen MR) is 101 cm³/mol. The van der Waals surface area contributed by atoms with Gasteiger partial charge in [-0.3, -0.25) is 0 Å². The van der Waals surface area contributed by atoms with Crippen molar-refractivity contribution in [3.63, 3.8) is 0 Å². The normalized spacial score (nSPS) is 11.4. The molecule has 29 heavy (non-hydrogen) atoms. The van der Waals surface area contributed by atoms with E-state index in [1.165, 1.54) is 18.7 Å². The van der Waals surface area contributed by atoms with Crippen LogP contribution in [0, 0.1) is 11.3 Å². The van der Waals surface area contributed by atoms with E-state index in [0.29, 0.717) is 27.8 Å². The van der Waals surface area contributed by atoms with E-state index in [-0.39, 0.29) is 5.95 Å². The fourth-order valence-electron chi connectivity index (χ4n) is 2.97. The van der Waals surface area contributed by atoms with Crippen LogP contribution < -0.4 is 5.32 Å². The number of fused-ring (bicyclic) bond motifs is 1. The summed E-state index contributed by atoms with van der Waals surface area (Å²) in [5.41, 5.74) is 3.11. The number of rotatable bonds is 4. The summed E-state index contributed by atoms with van der Waals surface area (Å²) in [6, 6.07) is 14.5. The SMILES string of the molecule is N#Cc1cnc(Nc2cc(-c3ccccc3)c3ncn(CC(F)(F)F)c3c2)nc1. The Morgan fingerprint density at radius 3 is 2.41 bits per heavy atom. The molecule has 0 bridgehead atoms. The molecule has 4 rings (SSSR count). The van der Waals surface area contributed by atoms with E-state index in [9.17, 15) is 13.2 Å². The van der Waals surface area contributed by atoms with Gasteiger partial charge in [-0.1, -0.05) is 30.3 Å². The zero-order valence-electron chi connectivity index (χ0n) is 14.9. The van der Waals surface area contributed by atoms with Crippen LogP contribution in [-0.2, 0) is 6.54 Å². The average molecular weight is 394 g/mol. The minimum absolute atomic E-state index is 0.226. The van der Waals surface area contributed by atoms with E-state index in [1.54, 1.807) is 12.1 Å². The first-order valence-electron chi connectivity index (χ1n) is 8.53. The Morgan fingerprint density at radius 2 is 1.76 bits per heavy atom.